The van der Waals surface area contributed by atoms with Crippen molar-refractivity contribution in [2.24, 2.45) is 0 Å². The SMILES string of the molecule is COc1ccccc1CCNC(=O)CN1C[C@@H](C)O[C@@H](C)C1. The molecule has 2 atom stereocenters. The van der Waals surface area contributed by atoms with Crippen LogP contribution in [0.5, 0.6) is 5.75 Å². The highest BCUT2D eigenvalue weighted by Crippen LogP contribution is 2.17. The van der Waals surface area contributed by atoms with Gasteiger partial charge in [0.05, 0.1) is 25.9 Å². The third-order valence-electron chi connectivity index (χ3n) is 3.77. The fourth-order valence-corrected chi connectivity index (χ4v) is 2.92. The van der Waals surface area contributed by atoms with Crippen molar-refractivity contribution < 1.29 is 14.3 Å². The lowest BCUT2D eigenvalue weighted by Crippen LogP contribution is -2.49. The first-order chi connectivity index (χ1) is 10.6. The minimum atomic E-state index is 0.0659. The van der Waals surface area contributed by atoms with Gasteiger partial charge < -0.3 is 14.8 Å². The summed E-state index contributed by atoms with van der Waals surface area (Å²) in [7, 11) is 1.66. The lowest BCUT2D eigenvalue weighted by molar-refractivity contribution is -0.125. The number of rotatable bonds is 6. The van der Waals surface area contributed by atoms with Crippen LogP contribution in [-0.2, 0) is 16.0 Å². The first kappa shape index (κ1) is 16.8. The second-order valence-corrected chi connectivity index (χ2v) is 5.86. The molecular weight excluding hydrogens is 280 g/mol. The number of methoxy groups -OCH3 is 1. The van der Waals surface area contributed by atoms with Gasteiger partial charge in [0, 0.05) is 19.6 Å². The molecule has 0 saturated carbocycles. The van der Waals surface area contributed by atoms with Gasteiger partial charge in [-0.25, -0.2) is 0 Å². The van der Waals surface area contributed by atoms with E-state index in [-0.39, 0.29) is 18.1 Å². The van der Waals surface area contributed by atoms with Crippen LogP contribution in [0.3, 0.4) is 0 Å². The molecule has 0 radical (unpaired) electrons. The van der Waals surface area contributed by atoms with Gasteiger partial charge in [-0.15, -0.1) is 0 Å². The standard InChI is InChI=1S/C17H26N2O3/c1-13-10-19(11-14(2)22-13)12-17(20)18-9-8-15-6-4-5-7-16(15)21-3/h4-7,13-14H,8-12H2,1-3H3,(H,18,20)/t13-,14+. The third-order valence-corrected chi connectivity index (χ3v) is 3.77. The molecule has 2 rings (SSSR count). The van der Waals surface area contributed by atoms with E-state index in [9.17, 15) is 4.79 Å². The Hall–Kier alpha value is -1.59. The summed E-state index contributed by atoms with van der Waals surface area (Å²) in [4.78, 5) is 14.2. The highest BCUT2D eigenvalue weighted by Gasteiger charge is 2.23. The van der Waals surface area contributed by atoms with E-state index in [2.05, 4.69) is 10.2 Å². The van der Waals surface area contributed by atoms with Gasteiger partial charge in [0.2, 0.25) is 5.91 Å². The van der Waals surface area contributed by atoms with Crippen LogP contribution < -0.4 is 10.1 Å². The largest absolute Gasteiger partial charge is 0.496 e. The van der Waals surface area contributed by atoms with Gasteiger partial charge in [-0.3, -0.25) is 9.69 Å². The normalized spacial score (nSPS) is 22.3. The van der Waals surface area contributed by atoms with Crippen molar-refractivity contribution >= 4 is 5.91 Å². The number of benzene rings is 1. The number of nitrogens with zero attached hydrogens (tertiary/aromatic N) is 1. The molecule has 1 fully saturated rings. The van der Waals surface area contributed by atoms with Crippen molar-refractivity contribution in [3.63, 3.8) is 0 Å². The summed E-state index contributed by atoms with van der Waals surface area (Å²) in [5, 5.41) is 2.98. The molecule has 1 aromatic rings. The van der Waals surface area contributed by atoms with Gasteiger partial charge in [0.1, 0.15) is 5.75 Å². The van der Waals surface area contributed by atoms with Crippen molar-refractivity contribution in [2.45, 2.75) is 32.5 Å². The van der Waals surface area contributed by atoms with Crippen LogP contribution in [0, 0.1) is 0 Å². The maximum Gasteiger partial charge on any atom is 0.234 e. The van der Waals surface area contributed by atoms with E-state index < -0.39 is 0 Å². The number of morpholine rings is 1. The van der Waals surface area contributed by atoms with Crippen LogP contribution in [-0.4, -0.2) is 56.3 Å². The lowest BCUT2D eigenvalue weighted by Gasteiger charge is -2.34. The van der Waals surface area contributed by atoms with Gasteiger partial charge in [-0.1, -0.05) is 18.2 Å². The zero-order chi connectivity index (χ0) is 15.9. The number of ether oxygens (including phenoxy) is 2. The summed E-state index contributed by atoms with van der Waals surface area (Å²) in [5.74, 6) is 0.934. The summed E-state index contributed by atoms with van der Waals surface area (Å²) in [5.41, 5.74) is 1.11. The molecule has 1 N–H and O–H groups in total. The predicted octanol–water partition coefficient (Wildman–Crippen LogP) is 1.46. The molecule has 1 heterocycles. The molecule has 1 saturated heterocycles. The molecule has 1 aromatic carbocycles. The number of hydrogen-bond acceptors (Lipinski definition) is 4. The van der Waals surface area contributed by atoms with Crippen molar-refractivity contribution in [1.82, 2.24) is 10.2 Å². The Morgan fingerprint density at radius 1 is 1.32 bits per heavy atom. The number of hydrogen-bond donors (Lipinski definition) is 1. The Morgan fingerprint density at radius 2 is 2.00 bits per heavy atom. The molecular formula is C17H26N2O3. The summed E-state index contributed by atoms with van der Waals surface area (Å²) >= 11 is 0. The first-order valence-electron chi connectivity index (χ1n) is 7.85. The lowest BCUT2D eigenvalue weighted by atomic mass is 10.1. The van der Waals surface area contributed by atoms with Crippen LogP contribution >= 0.6 is 0 Å². The van der Waals surface area contributed by atoms with E-state index in [1.54, 1.807) is 7.11 Å². The Bertz CT molecular complexity index is 483. The van der Waals surface area contributed by atoms with Gasteiger partial charge in [-0.05, 0) is 31.9 Å². The summed E-state index contributed by atoms with van der Waals surface area (Å²) < 4.78 is 11.0. The zero-order valence-electron chi connectivity index (χ0n) is 13.7. The summed E-state index contributed by atoms with van der Waals surface area (Å²) in [6.07, 6.45) is 1.14. The molecule has 0 aliphatic carbocycles. The van der Waals surface area contributed by atoms with Crippen molar-refractivity contribution in [3.8, 4) is 5.75 Å². The van der Waals surface area contributed by atoms with Crippen LogP contribution in [0.15, 0.2) is 24.3 Å². The second-order valence-electron chi connectivity index (χ2n) is 5.86. The number of amides is 1. The fourth-order valence-electron chi connectivity index (χ4n) is 2.92. The van der Waals surface area contributed by atoms with Crippen molar-refractivity contribution in [2.75, 3.05) is 33.3 Å². The minimum Gasteiger partial charge on any atom is -0.496 e. The van der Waals surface area contributed by atoms with Crippen LogP contribution in [0.25, 0.3) is 0 Å². The van der Waals surface area contributed by atoms with Gasteiger partial charge >= 0.3 is 0 Å². The van der Waals surface area contributed by atoms with Crippen molar-refractivity contribution in [1.29, 1.82) is 0 Å². The molecule has 1 aliphatic heterocycles. The van der Waals surface area contributed by atoms with Gasteiger partial charge in [0.15, 0.2) is 0 Å². The maximum atomic E-state index is 12.0. The number of para-hydroxylation sites is 1. The van der Waals surface area contributed by atoms with E-state index in [1.165, 1.54) is 0 Å². The molecule has 5 heteroatoms. The van der Waals surface area contributed by atoms with Crippen LogP contribution in [0.4, 0.5) is 0 Å². The van der Waals surface area contributed by atoms with Gasteiger partial charge in [0.25, 0.3) is 0 Å². The summed E-state index contributed by atoms with van der Waals surface area (Å²) in [6.45, 7) is 6.76. The average Bonchev–Trinajstić information content (AvgIpc) is 2.46. The van der Waals surface area contributed by atoms with E-state index in [0.29, 0.717) is 13.1 Å². The maximum absolute atomic E-state index is 12.0. The quantitative estimate of drug-likeness (QED) is 0.864. The molecule has 0 bridgehead atoms. The molecule has 1 amide bonds. The first-order valence-corrected chi connectivity index (χ1v) is 7.85. The number of nitrogens with one attached hydrogen (secondary N) is 1. The second kappa shape index (κ2) is 8.15. The smallest absolute Gasteiger partial charge is 0.234 e. The highest BCUT2D eigenvalue weighted by atomic mass is 16.5. The molecule has 122 valence electrons. The Kier molecular flexibility index (Phi) is 6.21. The van der Waals surface area contributed by atoms with E-state index in [1.807, 2.05) is 38.1 Å². The minimum absolute atomic E-state index is 0.0659. The molecule has 5 nitrogen and oxygen atoms in total. The number of carbonyl (C=O) groups excluding carboxylic acids is 1. The summed E-state index contributed by atoms with van der Waals surface area (Å²) in [6, 6.07) is 7.89. The fraction of sp³-hybridized carbons (Fsp3) is 0.588. The third kappa shape index (κ3) is 5.00. The topological polar surface area (TPSA) is 50.8 Å². The van der Waals surface area contributed by atoms with Crippen molar-refractivity contribution in [3.05, 3.63) is 29.8 Å². The number of carbonyl (C=O) groups is 1. The predicted molar refractivity (Wildman–Crippen MR) is 86.2 cm³/mol. The molecule has 0 unspecified atom stereocenters. The van der Waals surface area contributed by atoms with E-state index >= 15 is 0 Å². The van der Waals surface area contributed by atoms with E-state index in [4.69, 9.17) is 9.47 Å². The Labute approximate surface area is 132 Å². The van der Waals surface area contributed by atoms with Gasteiger partial charge in [-0.2, -0.15) is 0 Å². The Balaban J connectivity index is 1.74. The molecule has 0 aromatic heterocycles. The average molecular weight is 306 g/mol. The Morgan fingerprint density at radius 3 is 2.68 bits per heavy atom. The zero-order valence-corrected chi connectivity index (χ0v) is 13.7. The molecule has 0 spiro atoms. The van der Waals surface area contributed by atoms with Crippen LogP contribution in [0.2, 0.25) is 0 Å². The van der Waals surface area contributed by atoms with Crippen LogP contribution in [0.1, 0.15) is 19.4 Å². The monoisotopic (exact) mass is 306 g/mol. The molecule has 22 heavy (non-hydrogen) atoms. The van der Waals surface area contributed by atoms with E-state index in [0.717, 1.165) is 30.8 Å². The molecule has 1 aliphatic rings. The highest BCUT2D eigenvalue weighted by molar-refractivity contribution is 5.78.